The summed E-state index contributed by atoms with van der Waals surface area (Å²) in [5.41, 5.74) is 0.338. The molecule has 1 aromatic rings. The van der Waals surface area contributed by atoms with Gasteiger partial charge in [0.05, 0.1) is 5.56 Å². The number of rotatable bonds is 1. The summed E-state index contributed by atoms with van der Waals surface area (Å²) in [6.45, 7) is 1.37. The van der Waals surface area contributed by atoms with Crippen molar-refractivity contribution in [1.29, 1.82) is 5.26 Å². The molecule has 1 amide bonds. The number of carbonyl (C=O) groups excluding carboxylic acids is 1. The van der Waals surface area contributed by atoms with Crippen LogP contribution in [0.4, 0.5) is 5.82 Å². The maximum atomic E-state index is 10.7. The van der Waals surface area contributed by atoms with E-state index in [1.54, 1.807) is 6.07 Å². The molecule has 0 atom stereocenters. The third-order valence-corrected chi connectivity index (χ3v) is 1.70. The summed E-state index contributed by atoms with van der Waals surface area (Å²) >= 11 is 3.18. The summed E-state index contributed by atoms with van der Waals surface area (Å²) in [6.07, 6.45) is 1.52. The first-order valence-corrected chi connectivity index (χ1v) is 4.26. The third kappa shape index (κ3) is 2.53. The Kier molecular flexibility index (Phi) is 2.98. The van der Waals surface area contributed by atoms with Gasteiger partial charge in [-0.25, -0.2) is 4.98 Å². The minimum absolute atomic E-state index is 0.244. The maximum Gasteiger partial charge on any atom is 0.222 e. The zero-order chi connectivity index (χ0) is 9.84. The average Bonchev–Trinajstić information content (AvgIpc) is 2.07. The van der Waals surface area contributed by atoms with Crippen molar-refractivity contribution in [3.63, 3.8) is 0 Å². The van der Waals surface area contributed by atoms with Crippen LogP contribution < -0.4 is 5.32 Å². The topological polar surface area (TPSA) is 65.8 Å². The zero-order valence-corrected chi connectivity index (χ0v) is 8.42. The van der Waals surface area contributed by atoms with Crippen LogP contribution in [0.1, 0.15) is 12.5 Å². The number of amides is 1. The lowest BCUT2D eigenvalue weighted by Gasteiger charge is -2.02. The largest absolute Gasteiger partial charge is 0.310 e. The summed E-state index contributed by atoms with van der Waals surface area (Å²) in [6, 6.07) is 3.53. The molecule has 1 rings (SSSR count). The Morgan fingerprint density at radius 3 is 3.00 bits per heavy atom. The number of anilines is 1. The van der Waals surface area contributed by atoms with Gasteiger partial charge in [-0.1, -0.05) is 0 Å². The normalized spacial score (nSPS) is 9.00. The fourth-order valence-electron chi connectivity index (χ4n) is 0.791. The lowest BCUT2D eigenvalue weighted by Crippen LogP contribution is -2.08. The molecule has 5 heteroatoms. The van der Waals surface area contributed by atoms with Crippen LogP contribution in [-0.4, -0.2) is 10.9 Å². The molecular weight excluding hydrogens is 234 g/mol. The minimum atomic E-state index is -0.244. The second-order valence-corrected chi connectivity index (χ2v) is 3.26. The Hall–Kier alpha value is -1.41. The number of pyridine rings is 1. The second kappa shape index (κ2) is 4.01. The lowest BCUT2D eigenvalue weighted by atomic mass is 10.3. The van der Waals surface area contributed by atoms with Gasteiger partial charge in [-0.2, -0.15) is 5.26 Å². The molecule has 66 valence electrons. The van der Waals surface area contributed by atoms with Gasteiger partial charge < -0.3 is 5.32 Å². The zero-order valence-electron chi connectivity index (χ0n) is 6.84. The number of hydrogen-bond donors (Lipinski definition) is 1. The predicted molar refractivity (Wildman–Crippen MR) is 51.0 cm³/mol. The van der Waals surface area contributed by atoms with Gasteiger partial charge in [-0.05, 0) is 22.0 Å². The highest BCUT2D eigenvalue weighted by atomic mass is 79.9. The van der Waals surface area contributed by atoms with Gasteiger partial charge in [0.2, 0.25) is 5.91 Å². The number of nitrogens with one attached hydrogen (secondary N) is 1. The lowest BCUT2D eigenvalue weighted by molar-refractivity contribution is -0.114. The van der Waals surface area contributed by atoms with Gasteiger partial charge in [0.15, 0.2) is 5.82 Å². The number of nitriles is 1. The van der Waals surface area contributed by atoms with Crippen molar-refractivity contribution in [2.45, 2.75) is 6.92 Å². The van der Waals surface area contributed by atoms with Crippen molar-refractivity contribution < 1.29 is 4.79 Å². The van der Waals surface area contributed by atoms with Crippen molar-refractivity contribution in [2.24, 2.45) is 0 Å². The quantitative estimate of drug-likeness (QED) is 0.811. The molecule has 0 aliphatic heterocycles. The van der Waals surface area contributed by atoms with E-state index in [9.17, 15) is 4.79 Å². The van der Waals surface area contributed by atoms with Gasteiger partial charge in [0.1, 0.15) is 6.07 Å². The number of halogens is 1. The van der Waals surface area contributed by atoms with E-state index in [1.165, 1.54) is 13.1 Å². The summed E-state index contributed by atoms with van der Waals surface area (Å²) in [5.74, 6) is 0.0459. The molecular formula is C8H6BrN3O. The van der Waals surface area contributed by atoms with E-state index >= 15 is 0 Å². The van der Waals surface area contributed by atoms with Crippen molar-refractivity contribution in [3.8, 4) is 6.07 Å². The van der Waals surface area contributed by atoms with Crippen LogP contribution in [-0.2, 0) is 4.79 Å². The Labute approximate surface area is 83.7 Å². The molecule has 13 heavy (non-hydrogen) atoms. The van der Waals surface area contributed by atoms with E-state index in [2.05, 4.69) is 26.2 Å². The summed E-state index contributed by atoms with van der Waals surface area (Å²) in [4.78, 5) is 14.6. The molecule has 0 saturated heterocycles. The van der Waals surface area contributed by atoms with Crippen LogP contribution >= 0.6 is 15.9 Å². The highest BCUT2D eigenvalue weighted by molar-refractivity contribution is 9.10. The van der Waals surface area contributed by atoms with Crippen LogP contribution in [0, 0.1) is 11.3 Å². The van der Waals surface area contributed by atoms with Crippen LogP contribution in [0.15, 0.2) is 16.7 Å². The molecule has 0 aliphatic rings. The molecule has 0 radical (unpaired) electrons. The first kappa shape index (κ1) is 9.68. The van der Waals surface area contributed by atoms with Crippen molar-refractivity contribution in [3.05, 3.63) is 22.3 Å². The molecule has 0 aliphatic carbocycles. The predicted octanol–water partition coefficient (Wildman–Crippen LogP) is 1.67. The molecule has 1 aromatic heterocycles. The number of carbonyl (C=O) groups is 1. The van der Waals surface area contributed by atoms with Gasteiger partial charge in [0.25, 0.3) is 0 Å². The summed E-state index contributed by atoms with van der Waals surface area (Å²) in [5, 5.41) is 11.2. The Morgan fingerprint density at radius 2 is 2.46 bits per heavy atom. The first-order chi connectivity index (χ1) is 6.13. The van der Waals surface area contributed by atoms with Crippen LogP contribution in [0.2, 0.25) is 0 Å². The monoisotopic (exact) mass is 239 g/mol. The molecule has 0 spiro atoms. The minimum Gasteiger partial charge on any atom is -0.310 e. The molecule has 1 N–H and O–H groups in total. The SMILES string of the molecule is CC(=O)Nc1ncc(Br)cc1C#N. The van der Waals surface area contributed by atoms with Crippen molar-refractivity contribution >= 4 is 27.7 Å². The van der Waals surface area contributed by atoms with Crippen molar-refractivity contribution in [1.82, 2.24) is 4.98 Å². The molecule has 0 fully saturated rings. The van der Waals surface area contributed by atoms with E-state index < -0.39 is 0 Å². The van der Waals surface area contributed by atoms with E-state index in [-0.39, 0.29) is 5.91 Å². The Morgan fingerprint density at radius 1 is 1.77 bits per heavy atom. The van der Waals surface area contributed by atoms with E-state index in [0.29, 0.717) is 15.9 Å². The van der Waals surface area contributed by atoms with Gasteiger partial charge in [-0.15, -0.1) is 0 Å². The summed E-state index contributed by atoms with van der Waals surface area (Å²) < 4.78 is 0.707. The number of nitrogens with zero attached hydrogens (tertiary/aromatic N) is 2. The smallest absolute Gasteiger partial charge is 0.222 e. The summed E-state index contributed by atoms with van der Waals surface area (Å²) in [7, 11) is 0. The highest BCUT2D eigenvalue weighted by Gasteiger charge is 2.04. The fraction of sp³-hybridized carbons (Fsp3) is 0.125. The second-order valence-electron chi connectivity index (χ2n) is 2.34. The highest BCUT2D eigenvalue weighted by Crippen LogP contribution is 2.16. The van der Waals surface area contributed by atoms with Crippen LogP contribution in [0.3, 0.4) is 0 Å². The molecule has 4 nitrogen and oxygen atoms in total. The number of hydrogen-bond acceptors (Lipinski definition) is 3. The maximum absolute atomic E-state index is 10.7. The fourth-order valence-corrected chi connectivity index (χ4v) is 1.12. The third-order valence-electron chi connectivity index (χ3n) is 1.27. The van der Waals surface area contributed by atoms with Crippen molar-refractivity contribution in [2.75, 3.05) is 5.32 Å². The van der Waals surface area contributed by atoms with Gasteiger partial charge in [-0.3, -0.25) is 4.79 Å². The van der Waals surface area contributed by atoms with E-state index in [0.717, 1.165) is 0 Å². The number of aromatic nitrogens is 1. The van der Waals surface area contributed by atoms with Crippen LogP contribution in [0.5, 0.6) is 0 Å². The average molecular weight is 240 g/mol. The molecule has 0 unspecified atom stereocenters. The first-order valence-electron chi connectivity index (χ1n) is 3.46. The van der Waals surface area contributed by atoms with E-state index in [1.807, 2.05) is 6.07 Å². The molecule has 0 saturated carbocycles. The van der Waals surface area contributed by atoms with Crippen LogP contribution in [0.25, 0.3) is 0 Å². The molecule has 0 bridgehead atoms. The molecule has 0 aromatic carbocycles. The van der Waals surface area contributed by atoms with Gasteiger partial charge in [0, 0.05) is 17.6 Å². The molecule has 1 heterocycles. The standard InChI is InChI=1S/C8H6BrN3O/c1-5(13)12-8-6(3-10)2-7(9)4-11-8/h2,4H,1H3,(H,11,12,13). The Bertz CT molecular complexity index is 383. The van der Waals surface area contributed by atoms with Gasteiger partial charge >= 0.3 is 0 Å². The Balaban J connectivity index is 3.08. The van der Waals surface area contributed by atoms with E-state index in [4.69, 9.17) is 5.26 Å².